The molecule has 0 aromatic rings. The van der Waals surface area contributed by atoms with E-state index in [1.54, 1.807) is 0 Å². The Morgan fingerprint density at radius 3 is 2.83 bits per heavy atom. The first kappa shape index (κ1) is 15.4. The first-order chi connectivity index (χ1) is 8.44. The van der Waals surface area contributed by atoms with E-state index < -0.39 is 0 Å². The van der Waals surface area contributed by atoms with Gasteiger partial charge < -0.3 is 15.3 Å². The molecule has 18 heavy (non-hydrogen) atoms. The first-order valence-corrected chi connectivity index (χ1v) is 7.04. The molecule has 0 aromatic heterocycles. The van der Waals surface area contributed by atoms with Crippen molar-refractivity contribution < 1.29 is 9.90 Å². The lowest BCUT2D eigenvalue weighted by molar-refractivity contribution is -0.132. The summed E-state index contributed by atoms with van der Waals surface area (Å²) in [5.74, 6) is 0.903. The molecule has 1 unspecified atom stereocenters. The molecule has 1 amide bonds. The van der Waals surface area contributed by atoms with E-state index in [1.807, 2.05) is 18.7 Å². The Morgan fingerprint density at radius 1 is 1.50 bits per heavy atom. The highest BCUT2D eigenvalue weighted by atomic mass is 16.3. The maximum Gasteiger partial charge on any atom is 0.223 e. The molecule has 0 bridgehead atoms. The molecule has 4 nitrogen and oxygen atoms in total. The Balaban J connectivity index is 2.17. The van der Waals surface area contributed by atoms with E-state index in [4.69, 9.17) is 5.11 Å². The molecule has 1 rings (SSSR count). The summed E-state index contributed by atoms with van der Waals surface area (Å²) in [7, 11) is 0. The third-order valence-electron chi connectivity index (χ3n) is 3.56. The number of aliphatic hydroxyl groups excluding tert-OH is 1. The maximum absolute atomic E-state index is 12.0. The van der Waals surface area contributed by atoms with Gasteiger partial charge in [-0.2, -0.15) is 0 Å². The van der Waals surface area contributed by atoms with E-state index in [2.05, 4.69) is 12.2 Å². The van der Waals surface area contributed by atoms with Crippen LogP contribution in [0.5, 0.6) is 0 Å². The van der Waals surface area contributed by atoms with Gasteiger partial charge in [-0.25, -0.2) is 0 Å². The van der Waals surface area contributed by atoms with Gasteiger partial charge in [0.05, 0.1) is 0 Å². The number of likely N-dealkylation sites (tertiary alicyclic amines) is 1. The molecule has 0 radical (unpaired) electrons. The van der Waals surface area contributed by atoms with E-state index in [-0.39, 0.29) is 17.9 Å². The van der Waals surface area contributed by atoms with Gasteiger partial charge in [-0.05, 0) is 18.8 Å². The summed E-state index contributed by atoms with van der Waals surface area (Å²) in [5.41, 5.74) is -0.108. The number of hydrogen-bond acceptors (Lipinski definition) is 3. The second kappa shape index (κ2) is 7.10. The van der Waals surface area contributed by atoms with Crippen molar-refractivity contribution in [1.29, 1.82) is 0 Å². The highest BCUT2D eigenvalue weighted by Crippen LogP contribution is 2.16. The zero-order chi connectivity index (χ0) is 13.6. The highest BCUT2D eigenvalue weighted by molar-refractivity contribution is 5.76. The normalized spacial score (nSPS) is 21.1. The SMILES string of the molecule is CC1CCCN(C(=O)CCNCC(C)(C)CO)C1. The predicted molar refractivity (Wildman–Crippen MR) is 73.3 cm³/mol. The van der Waals surface area contributed by atoms with E-state index in [0.29, 0.717) is 18.9 Å². The minimum Gasteiger partial charge on any atom is -0.396 e. The molecule has 0 aliphatic carbocycles. The molecule has 0 saturated carbocycles. The topological polar surface area (TPSA) is 52.6 Å². The number of piperidine rings is 1. The molecular weight excluding hydrogens is 228 g/mol. The van der Waals surface area contributed by atoms with Gasteiger partial charge >= 0.3 is 0 Å². The van der Waals surface area contributed by atoms with Crippen LogP contribution in [-0.4, -0.2) is 48.7 Å². The molecule has 106 valence electrons. The molecular formula is C14H28N2O2. The molecule has 2 N–H and O–H groups in total. The molecule has 1 saturated heterocycles. The average molecular weight is 256 g/mol. The first-order valence-electron chi connectivity index (χ1n) is 7.04. The van der Waals surface area contributed by atoms with Crippen LogP contribution in [0.2, 0.25) is 0 Å². The number of aliphatic hydroxyl groups is 1. The van der Waals surface area contributed by atoms with E-state index in [9.17, 15) is 4.79 Å². The van der Waals surface area contributed by atoms with Crippen LogP contribution in [0.15, 0.2) is 0 Å². The maximum atomic E-state index is 12.0. The van der Waals surface area contributed by atoms with Gasteiger partial charge in [-0.1, -0.05) is 20.8 Å². The largest absolute Gasteiger partial charge is 0.396 e. The van der Waals surface area contributed by atoms with Gasteiger partial charge in [-0.3, -0.25) is 4.79 Å². The van der Waals surface area contributed by atoms with Crippen LogP contribution in [0.1, 0.15) is 40.0 Å². The van der Waals surface area contributed by atoms with Gasteiger partial charge in [0.2, 0.25) is 5.91 Å². The average Bonchev–Trinajstić information content (AvgIpc) is 2.34. The summed E-state index contributed by atoms with van der Waals surface area (Å²) < 4.78 is 0. The van der Waals surface area contributed by atoms with Crippen LogP contribution in [0.25, 0.3) is 0 Å². The Bertz CT molecular complexity index is 267. The van der Waals surface area contributed by atoms with Crippen LogP contribution in [0.3, 0.4) is 0 Å². The minimum absolute atomic E-state index is 0.108. The molecule has 4 heteroatoms. The van der Waals surface area contributed by atoms with Crippen molar-refractivity contribution in [1.82, 2.24) is 10.2 Å². The van der Waals surface area contributed by atoms with E-state index in [0.717, 1.165) is 26.1 Å². The second-order valence-electron chi connectivity index (χ2n) is 6.34. The van der Waals surface area contributed by atoms with Gasteiger partial charge in [0.15, 0.2) is 0 Å². The Morgan fingerprint density at radius 2 is 2.22 bits per heavy atom. The van der Waals surface area contributed by atoms with E-state index in [1.165, 1.54) is 6.42 Å². The summed E-state index contributed by atoms with van der Waals surface area (Å²) >= 11 is 0. The fraction of sp³-hybridized carbons (Fsp3) is 0.929. The van der Waals surface area contributed by atoms with Crippen molar-refractivity contribution >= 4 is 5.91 Å². The summed E-state index contributed by atoms with van der Waals surface area (Å²) in [6, 6.07) is 0. The minimum atomic E-state index is -0.108. The number of carbonyl (C=O) groups is 1. The smallest absolute Gasteiger partial charge is 0.223 e. The zero-order valence-corrected chi connectivity index (χ0v) is 12.0. The predicted octanol–water partition coefficient (Wildman–Crippen LogP) is 1.24. The van der Waals surface area contributed by atoms with Crippen molar-refractivity contribution in [2.45, 2.75) is 40.0 Å². The lowest BCUT2D eigenvalue weighted by Crippen LogP contribution is -2.41. The fourth-order valence-corrected chi connectivity index (χ4v) is 2.25. The van der Waals surface area contributed by atoms with Gasteiger partial charge in [-0.15, -0.1) is 0 Å². The summed E-state index contributed by atoms with van der Waals surface area (Å²) in [4.78, 5) is 14.0. The van der Waals surface area contributed by atoms with Crippen LogP contribution >= 0.6 is 0 Å². The number of nitrogens with zero attached hydrogens (tertiary/aromatic N) is 1. The summed E-state index contributed by atoms with van der Waals surface area (Å²) in [6.07, 6.45) is 2.94. The van der Waals surface area contributed by atoms with Crippen molar-refractivity contribution in [3.63, 3.8) is 0 Å². The Hall–Kier alpha value is -0.610. The van der Waals surface area contributed by atoms with Crippen LogP contribution in [0, 0.1) is 11.3 Å². The quantitative estimate of drug-likeness (QED) is 0.703. The van der Waals surface area contributed by atoms with Crippen molar-refractivity contribution in [2.75, 3.05) is 32.8 Å². The number of nitrogens with one attached hydrogen (secondary N) is 1. The zero-order valence-electron chi connectivity index (χ0n) is 12.0. The molecule has 1 fully saturated rings. The fourth-order valence-electron chi connectivity index (χ4n) is 2.25. The second-order valence-corrected chi connectivity index (χ2v) is 6.34. The molecule has 1 heterocycles. The van der Waals surface area contributed by atoms with Crippen molar-refractivity contribution in [3.8, 4) is 0 Å². The van der Waals surface area contributed by atoms with Crippen LogP contribution in [-0.2, 0) is 4.79 Å². The van der Waals surface area contributed by atoms with Gasteiger partial charge in [0.25, 0.3) is 0 Å². The third kappa shape index (κ3) is 5.36. The van der Waals surface area contributed by atoms with Crippen molar-refractivity contribution in [2.24, 2.45) is 11.3 Å². The van der Waals surface area contributed by atoms with Crippen molar-refractivity contribution in [3.05, 3.63) is 0 Å². The molecule has 1 aliphatic rings. The third-order valence-corrected chi connectivity index (χ3v) is 3.56. The Labute approximate surface area is 111 Å². The lowest BCUT2D eigenvalue weighted by Gasteiger charge is -2.31. The number of carbonyl (C=O) groups excluding carboxylic acids is 1. The lowest BCUT2D eigenvalue weighted by atomic mass is 9.95. The monoisotopic (exact) mass is 256 g/mol. The van der Waals surface area contributed by atoms with Gasteiger partial charge in [0.1, 0.15) is 0 Å². The molecule has 0 aromatic carbocycles. The standard InChI is InChI=1S/C14H28N2O2/c1-12-5-4-8-16(9-12)13(18)6-7-15-10-14(2,3)11-17/h12,15,17H,4-11H2,1-3H3. The number of amides is 1. The summed E-state index contributed by atoms with van der Waals surface area (Å²) in [5, 5.41) is 12.4. The van der Waals surface area contributed by atoms with E-state index >= 15 is 0 Å². The number of hydrogen-bond donors (Lipinski definition) is 2. The number of rotatable bonds is 6. The van der Waals surface area contributed by atoms with Crippen LogP contribution < -0.4 is 5.32 Å². The summed E-state index contributed by atoms with van der Waals surface area (Å²) in [6.45, 7) is 9.67. The molecule has 1 aliphatic heterocycles. The highest BCUT2D eigenvalue weighted by Gasteiger charge is 2.21. The van der Waals surface area contributed by atoms with Gasteiger partial charge in [0, 0.05) is 44.6 Å². The molecule has 0 spiro atoms. The Kier molecular flexibility index (Phi) is 6.09. The molecule has 1 atom stereocenters. The van der Waals surface area contributed by atoms with Crippen LogP contribution in [0.4, 0.5) is 0 Å².